The third-order valence-electron chi connectivity index (χ3n) is 12.8. The van der Waals surface area contributed by atoms with Crippen LogP contribution in [0.4, 0.5) is 0 Å². The number of halogens is 4. The van der Waals surface area contributed by atoms with E-state index in [9.17, 15) is 19.2 Å². The Balaban J connectivity index is 0.000000234. The number of allylic oxidation sites excluding steroid dienone is 2. The van der Waals surface area contributed by atoms with E-state index in [-0.39, 0.29) is 47.3 Å². The van der Waals surface area contributed by atoms with E-state index in [0.29, 0.717) is 58.6 Å². The molecule has 0 radical (unpaired) electrons. The Hall–Kier alpha value is -4.20. The second-order valence-corrected chi connectivity index (χ2v) is 19.1. The second-order valence-electron chi connectivity index (χ2n) is 17.3. The summed E-state index contributed by atoms with van der Waals surface area (Å²) in [6, 6.07) is 29.2. The molecule has 2 unspecified atom stereocenters. The van der Waals surface area contributed by atoms with Crippen molar-refractivity contribution in [2.24, 2.45) is 10.8 Å². The van der Waals surface area contributed by atoms with Gasteiger partial charge < -0.3 is 9.80 Å². The summed E-state index contributed by atoms with van der Waals surface area (Å²) in [5, 5.41) is 2.57. The molecule has 4 aromatic carbocycles. The molecule has 0 aliphatic carbocycles. The molecule has 2 aliphatic rings. The van der Waals surface area contributed by atoms with Crippen molar-refractivity contribution in [1.29, 1.82) is 0 Å². The van der Waals surface area contributed by atoms with E-state index in [0.717, 1.165) is 22.3 Å². The first-order chi connectivity index (χ1) is 29.4. The molecule has 2 aliphatic heterocycles. The predicted molar refractivity (Wildman–Crippen MR) is 255 cm³/mol. The number of Topliss-reactive ketones (excluding diaryl/α,β-unsaturated/α-hetero) is 2. The van der Waals surface area contributed by atoms with Crippen LogP contribution in [0.2, 0.25) is 20.1 Å². The number of amides is 2. The lowest BCUT2D eigenvalue weighted by molar-refractivity contribution is -0.157. The van der Waals surface area contributed by atoms with Crippen LogP contribution in [-0.4, -0.2) is 45.3 Å². The largest absolute Gasteiger partial charge is 0.325 e. The van der Waals surface area contributed by atoms with Crippen molar-refractivity contribution in [1.82, 2.24) is 9.80 Å². The van der Waals surface area contributed by atoms with Gasteiger partial charge in [-0.3, -0.25) is 19.2 Å². The van der Waals surface area contributed by atoms with Crippen LogP contribution >= 0.6 is 46.4 Å². The molecule has 0 saturated carbocycles. The molecule has 0 N–H and O–H groups in total. The van der Waals surface area contributed by atoms with E-state index in [4.69, 9.17) is 46.4 Å². The van der Waals surface area contributed by atoms with Crippen LogP contribution in [0.15, 0.2) is 122 Å². The molecule has 62 heavy (non-hydrogen) atoms. The minimum Gasteiger partial charge on any atom is -0.325 e. The number of rotatable bonds is 14. The summed E-state index contributed by atoms with van der Waals surface area (Å²) in [6.07, 6.45) is 7.05. The highest BCUT2D eigenvalue weighted by Crippen LogP contribution is 2.54. The van der Waals surface area contributed by atoms with E-state index in [1.165, 1.54) is 0 Å². The first-order valence-corrected chi connectivity index (χ1v) is 22.8. The maximum Gasteiger partial charge on any atom is 0.229 e. The van der Waals surface area contributed by atoms with Gasteiger partial charge in [-0.15, -0.1) is 13.2 Å². The normalized spacial score (nSPS) is 24.7. The third kappa shape index (κ3) is 10.6. The molecule has 2 heterocycles. The zero-order valence-corrected chi connectivity index (χ0v) is 39.6. The van der Waals surface area contributed by atoms with Gasteiger partial charge in [-0.1, -0.05) is 135 Å². The van der Waals surface area contributed by atoms with Gasteiger partial charge in [0.05, 0.1) is 35.0 Å². The number of carbonyl (C=O) groups is 4. The highest BCUT2D eigenvalue weighted by atomic mass is 35.5. The lowest BCUT2D eigenvalue weighted by atomic mass is 9.67. The number of nitrogens with zero attached hydrogens (tertiary/aromatic N) is 2. The van der Waals surface area contributed by atoms with Crippen LogP contribution < -0.4 is 0 Å². The van der Waals surface area contributed by atoms with Gasteiger partial charge in [-0.25, -0.2) is 0 Å². The van der Waals surface area contributed by atoms with Crippen molar-refractivity contribution in [3.05, 3.63) is 165 Å². The van der Waals surface area contributed by atoms with Gasteiger partial charge in [-0.05, 0) is 123 Å². The number of carbonyl (C=O) groups excluding carboxylic acids is 4. The number of ketones is 2. The minimum absolute atomic E-state index is 0.00678. The summed E-state index contributed by atoms with van der Waals surface area (Å²) in [7, 11) is 0. The van der Waals surface area contributed by atoms with Crippen molar-refractivity contribution in [2.75, 3.05) is 0 Å². The molecule has 2 saturated heterocycles. The molecule has 6 rings (SSSR count). The van der Waals surface area contributed by atoms with Crippen LogP contribution in [0.3, 0.4) is 0 Å². The first-order valence-electron chi connectivity index (χ1n) is 21.3. The SMILES string of the molecule is C=CC[C@@]1(C)CC(c2cccc(Cl)c2)[C@@H](c2ccc(Cl)cc2)N([C@@H](CC)C(C)=O)C1=O.C=CC[C@]1(C)CC(c2cccc(Cl)c2)[C@@H](c2ccc(Cl)cc2)N([C@@H](CC)C(C)=O)C1=O. The lowest BCUT2D eigenvalue weighted by Gasteiger charge is -2.51. The highest BCUT2D eigenvalue weighted by Gasteiger charge is 2.53. The molecule has 2 fully saturated rings. The Bertz CT molecular complexity index is 2100. The van der Waals surface area contributed by atoms with Gasteiger partial charge in [0.1, 0.15) is 0 Å². The van der Waals surface area contributed by atoms with Crippen LogP contribution in [0, 0.1) is 10.8 Å². The van der Waals surface area contributed by atoms with Crippen LogP contribution in [0.25, 0.3) is 0 Å². The van der Waals surface area contributed by atoms with Gasteiger partial charge in [0.2, 0.25) is 11.8 Å². The fraction of sp³-hybridized carbons (Fsp3) is 0.385. The highest BCUT2D eigenvalue weighted by molar-refractivity contribution is 6.31. The molecule has 4 aromatic rings. The summed E-state index contributed by atoms with van der Waals surface area (Å²) in [6.45, 7) is 18.8. The van der Waals surface area contributed by atoms with Gasteiger partial charge >= 0.3 is 0 Å². The smallest absolute Gasteiger partial charge is 0.229 e. The number of hydrogen-bond donors (Lipinski definition) is 0. The van der Waals surface area contributed by atoms with Crippen molar-refractivity contribution in [2.45, 2.75) is 116 Å². The fourth-order valence-corrected chi connectivity index (χ4v) is 10.5. The topological polar surface area (TPSA) is 74.8 Å². The molecule has 8 atom stereocenters. The van der Waals surface area contributed by atoms with Crippen molar-refractivity contribution in [3.63, 3.8) is 0 Å². The van der Waals surface area contributed by atoms with Gasteiger partial charge in [0.25, 0.3) is 0 Å². The molecule has 2 amide bonds. The second kappa shape index (κ2) is 21.0. The van der Waals surface area contributed by atoms with Crippen molar-refractivity contribution >= 4 is 69.8 Å². The Kier molecular flexibility index (Phi) is 16.5. The summed E-state index contributed by atoms with van der Waals surface area (Å²) in [5.41, 5.74) is 2.73. The summed E-state index contributed by atoms with van der Waals surface area (Å²) in [4.78, 5) is 56.8. The molecule has 10 heteroatoms. The van der Waals surface area contributed by atoms with Crippen molar-refractivity contribution in [3.8, 4) is 0 Å². The molecular formula is C52H58Cl4N2O4. The zero-order chi connectivity index (χ0) is 45.5. The van der Waals surface area contributed by atoms with E-state index < -0.39 is 22.9 Å². The van der Waals surface area contributed by atoms with Crippen LogP contribution in [0.5, 0.6) is 0 Å². The number of piperidine rings is 2. The maximum absolute atomic E-state index is 13.9. The average molecular weight is 917 g/mol. The Morgan fingerprint density at radius 3 is 1.21 bits per heavy atom. The Morgan fingerprint density at radius 1 is 0.597 bits per heavy atom. The molecule has 328 valence electrons. The lowest BCUT2D eigenvalue weighted by Crippen LogP contribution is -2.57. The number of likely N-dealkylation sites (tertiary alicyclic amines) is 2. The monoisotopic (exact) mass is 914 g/mol. The molecule has 0 bridgehead atoms. The summed E-state index contributed by atoms with van der Waals surface area (Å²) >= 11 is 25.0. The molecular weight excluding hydrogens is 858 g/mol. The fourth-order valence-electron chi connectivity index (χ4n) is 9.82. The first kappa shape index (κ1) is 48.8. The summed E-state index contributed by atoms with van der Waals surface area (Å²) in [5.74, 6) is -0.0998. The molecule has 6 nitrogen and oxygen atoms in total. The quantitative estimate of drug-likeness (QED) is 0.118. The predicted octanol–water partition coefficient (Wildman–Crippen LogP) is 14.0. The van der Waals surface area contributed by atoms with Gasteiger partial charge in [0.15, 0.2) is 11.6 Å². The molecule has 0 aromatic heterocycles. The minimum atomic E-state index is -0.652. The van der Waals surface area contributed by atoms with Crippen LogP contribution in [0.1, 0.15) is 126 Å². The Labute approximate surface area is 388 Å². The van der Waals surface area contributed by atoms with Crippen LogP contribution in [-0.2, 0) is 19.2 Å². The average Bonchev–Trinajstić information content (AvgIpc) is 3.22. The number of hydrogen-bond acceptors (Lipinski definition) is 4. The summed E-state index contributed by atoms with van der Waals surface area (Å²) < 4.78 is 0. The van der Waals surface area contributed by atoms with Crippen molar-refractivity contribution < 1.29 is 19.2 Å². The molecule has 0 spiro atoms. The number of benzene rings is 4. The van der Waals surface area contributed by atoms with E-state index >= 15 is 0 Å². The Morgan fingerprint density at radius 2 is 0.935 bits per heavy atom. The van der Waals surface area contributed by atoms with E-state index in [1.807, 2.05) is 122 Å². The van der Waals surface area contributed by atoms with Gasteiger partial charge in [0, 0.05) is 31.9 Å². The van der Waals surface area contributed by atoms with E-state index in [1.54, 1.807) is 26.0 Å². The maximum atomic E-state index is 13.9. The zero-order valence-electron chi connectivity index (χ0n) is 36.6. The van der Waals surface area contributed by atoms with Gasteiger partial charge in [-0.2, -0.15) is 0 Å². The van der Waals surface area contributed by atoms with E-state index in [2.05, 4.69) is 25.3 Å². The third-order valence-corrected chi connectivity index (χ3v) is 13.7. The standard InChI is InChI=1S/2C26H29Cl2NO2/c2*1-5-14-26(4)16-22(19-8-7-9-21(28)15-19)24(18-10-12-20(27)13-11-18)29(25(26)31)23(6-2)17(3)30/h2*5,7-13,15,22-24H,1,6,14,16H2,2-4H3/t22?,23-,24+,26+;22?,23-,24+,26-/m00/s1.